The topological polar surface area (TPSA) is 67.4 Å². The lowest BCUT2D eigenvalue weighted by Crippen LogP contribution is -2.34. The van der Waals surface area contributed by atoms with Crippen molar-refractivity contribution in [1.82, 2.24) is 0 Å². The molecular weight excluding hydrogens is 419 g/mol. The molecule has 2 aromatic carbocycles. The average molecular weight is 458 g/mol. The molecule has 0 bridgehead atoms. The molecule has 0 aliphatic heterocycles. The minimum Gasteiger partial charge on any atom is -0.497 e. The number of aryl methyl sites for hydroxylation is 4. The van der Waals surface area contributed by atoms with Crippen molar-refractivity contribution >= 4 is 30.5 Å². The predicted octanol–water partition coefficient (Wildman–Crippen LogP) is 5.95. The van der Waals surface area contributed by atoms with E-state index < -0.39 is 7.26 Å². The van der Waals surface area contributed by atoms with E-state index in [1.165, 1.54) is 0 Å². The lowest BCUT2D eigenvalue weighted by molar-refractivity contribution is -0.115. The van der Waals surface area contributed by atoms with Crippen molar-refractivity contribution in [2.45, 2.75) is 54.1 Å². The Bertz CT molecular complexity index is 940. The standard InChI is InChI=1S/C26H37N2O3P/c1-9-32(10-2,16-23(29)27-24-17(3)12-11-13-18(24)4)21(7)26(30)28-25-19(5)14-22(31-8)15-20(25)6/h11-15,21H,9-10,16H2,1-8H3,(H-,27,28,29,30)/p+1. The van der Waals surface area contributed by atoms with E-state index in [1.54, 1.807) is 7.11 Å². The molecule has 0 heterocycles. The first kappa shape index (κ1) is 25.9. The van der Waals surface area contributed by atoms with Gasteiger partial charge in [0.05, 0.1) is 19.4 Å². The van der Waals surface area contributed by atoms with Crippen molar-refractivity contribution in [2.24, 2.45) is 0 Å². The molecule has 6 heteroatoms. The van der Waals surface area contributed by atoms with Crippen molar-refractivity contribution in [2.75, 3.05) is 36.2 Å². The predicted molar refractivity (Wildman–Crippen MR) is 138 cm³/mol. The molecule has 0 spiro atoms. The van der Waals surface area contributed by atoms with Crippen LogP contribution in [0.4, 0.5) is 11.4 Å². The molecule has 1 atom stereocenters. The van der Waals surface area contributed by atoms with Crippen LogP contribution in [0.15, 0.2) is 30.3 Å². The molecule has 174 valence electrons. The normalized spacial score (nSPS) is 12.2. The maximum atomic E-state index is 13.3. The van der Waals surface area contributed by atoms with Gasteiger partial charge in [0.15, 0.2) is 0 Å². The summed E-state index contributed by atoms with van der Waals surface area (Å²) in [5.74, 6) is 0.757. The SMILES string of the molecule is CC[P+](CC)(CC(=O)Nc1c(C)cccc1C)C(C)C(=O)Nc1c(C)cc(OC)cc1C. The molecule has 2 rings (SSSR count). The number of hydrogen-bond acceptors (Lipinski definition) is 3. The number of benzene rings is 2. The highest BCUT2D eigenvalue weighted by atomic mass is 31.2. The average Bonchev–Trinajstić information content (AvgIpc) is 2.76. The number of carbonyl (C=O) groups excluding carboxylic acids is 2. The number of hydrogen-bond donors (Lipinski definition) is 2. The van der Waals surface area contributed by atoms with Gasteiger partial charge in [0.25, 0.3) is 11.8 Å². The van der Waals surface area contributed by atoms with Crippen molar-refractivity contribution < 1.29 is 14.3 Å². The lowest BCUT2D eigenvalue weighted by Gasteiger charge is -2.30. The minimum atomic E-state index is -1.86. The Labute approximate surface area is 193 Å². The molecule has 2 amide bonds. The van der Waals surface area contributed by atoms with E-state index >= 15 is 0 Å². The minimum absolute atomic E-state index is 0.00380. The van der Waals surface area contributed by atoms with E-state index in [0.29, 0.717) is 6.16 Å². The van der Waals surface area contributed by atoms with Gasteiger partial charge >= 0.3 is 0 Å². The summed E-state index contributed by atoms with van der Waals surface area (Å²) < 4.78 is 5.33. The van der Waals surface area contributed by atoms with Gasteiger partial charge in [0, 0.05) is 18.6 Å². The Balaban J connectivity index is 2.22. The largest absolute Gasteiger partial charge is 0.497 e. The van der Waals surface area contributed by atoms with Crippen LogP contribution in [-0.4, -0.2) is 43.1 Å². The summed E-state index contributed by atoms with van der Waals surface area (Å²) in [7, 11) is -0.222. The van der Waals surface area contributed by atoms with Gasteiger partial charge in [-0.2, -0.15) is 0 Å². The number of carbonyl (C=O) groups is 2. The maximum absolute atomic E-state index is 13.3. The fourth-order valence-corrected chi connectivity index (χ4v) is 7.80. The highest BCUT2D eigenvalue weighted by Gasteiger charge is 2.46. The van der Waals surface area contributed by atoms with E-state index in [2.05, 4.69) is 24.5 Å². The number of nitrogens with one attached hydrogen (secondary N) is 2. The molecule has 0 saturated heterocycles. The first-order valence-corrected chi connectivity index (χ1v) is 13.7. The zero-order valence-electron chi connectivity index (χ0n) is 20.8. The Kier molecular flexibility index (Phi) is 8.86. The van der Waals surface area contributed by atoms with Crippen LogP contribution in [-0.2, 0) is 9.59 Å². The summed E-state index contributed by atoms with van der Waals surface area (Å²) >= 11 is 0. The highest BCUT2D eigenvalue weighted by Crippen LogP contribution is 2.62. The van der Waals surface area contributed by atoms with Crippen LogP contribution in [0, 0.1) is 27.7 Å². The second-order valence-electron chi connectivity index (χ2n) is 8.63. The molecule has 0 aliphatic rings. The molecule has 2 N–H and O–H groups in total. The van der Waals surface area contributed by atoms with Crippen molar-refractivity contribution in [3.63, 3.8) is 0 Å². The number of para-hydroxylation sites is 1. The van der Waals surface area contributed by atoms with E-state index in [1.807, 2.05) is 65.0 Å². The van der Waals surface area contributed by atoms with E-state index in [0.717, 1.165) is 51.7 Å². The van der Waals surface area contributed by atoms with E-state index in [-0.39, 0.29) is 17.5 Å². The van der Waals surface area contributed by atoms with Crippen LogP contribution in [0.1, 0.15) is 43.0 Å². The number of ether oxygens (including phenoxy) is 1. The summed E-state index contributed by atoms with van der Waals surface area (Å²) in [4.78, 5) is 26.4. The van der Waals surface area contributed by atoms with Crippen LogP contribution >= 0.6 is 7.26 Å². The third kappa shape index (κ3) is 5.69. The second-order valence-corrected chi connectivity index (χ2v) is 13.4. The first-order chi connectivity index (χ1) is 15.1. The van der Waals surface area contributed by atoms with Crippen LogP contribution < -0.4 is 15.4 Å². The fourth-order valence-electron chi connectivity index (χ4n) is 4.32. The zero-order chi connectivity index (χ0) is 24.1. The van der Waals surface area contributed by atoms with Crippen molar-refractivity contribution in [3.8, 4) is 5.75 Å². The maximum Gasteiger partial charge on any atom is 0.264 e. The number of rotatable bonds is 9. The smallest absolute Gasteiger partial charge is 0.264 e. The highest BCUT2D eigenvalue weighted by molar-refractivity contribution is 7.78. The third-order valence-electron chi connectivity index (χ3n) is 6.65. The fraction of sp³-hybridized carbons (Fsp3) is 0.462. The van der Waals surface area contributed by atoms with Gasteiger partial charge in [0.1, 0.15) is 17.6 Å². The Morgan fingerprint density at radius 2 is 1.41 bits per heavy atom. The number of anilines is 2. The molecule has 5 nitrogen and oxygen atoms in total. The van der Waals surface area contributed by atoms with Crippen molar-refractivity contribution in [3.05, 3.63) is 52.6 Å². The van der Waals surface area contributed by atoms with E-state index in [4.69, 9.17) is 4.74 Å². The van der Waals surface area contributed by atoms with Crippen LogP contribution in [0.2, 0.25) is 0 Å². The van der Waals surface area contributed by atoms with Gasteiger partial charge in [-0.05, 0) is 82.9 Å². The second kappa shape index (κ2) is 11.0. The number of methoxy groups -OCH3 is 1. The Hall–Kier alpha value is -2.39. The van der Waals surface area contributed by atoms with Crippen molar-refractivity contribution in [1.29, 1.82) is 0 Å². The molecule has 1 unspecified atom stereocenters. The third-order valence-corrected chi connectivity index (χ3v) is 12.0. The molecule has 0 radical (unpaired) electrons. The quantitative estimate of drug-likeness (QED) is 0.457. The summed E-state index contributed by atoms with van der Waals surface area (Å²) in [5.41, 5.74) is 5.51. The summed E-state index contributed by atoms with van der Waals surface area (Å²) in [5, 5.41) is 6.27. The zero-order valence-corrected chi connectivity index (χ0v) is 21.7. The van der Waals surface area contributed by atoms with Crippen LogP contribution in [0.5, 0.6) is 5.75 Å². The summed E-state index contributed by atoms with van der Waals surface area (Å²) in [6.45, 7) is 14.1. The van der Waals surface area contributed by atoms with Gasteiger partial charge in [-0.1, -0.05) is 18.2 Å². The molecule has 0 fully saturated rings. The summed E-state index contributed by atoms with van der Waals surface area (Å²) in [6, 6.07) is 9.84. The van der Waals surface area contributed by atoms with Crippen LogP contribution in [0.25, 0.3) is 0 Å². The molecule has 0 saturated carbocycles. The van der Waals surface area contributed by atoms with Gasteiger partial charge in [0.2, 0.25) is 0 Å². The first-order valence-electron chi connectivity index (χ1n) is 11.3. The van der Waals surface area contributed by atoms with Gasteiger partial charge in [-0.25, -0.2) is 0 Å². The van der Waals surface area contributed by atoms with Gasteiger partial charge < -0.3 is 15.4 Å². The molecular formula is C26H38N2O3P+. The molecule has 0 aliphatic carbocycles. The van der Waals surface area contributed by atoms with E-state index in [9.17, 15) is 9.59 Å². The monoisotopic (exact) mass is 457 g/mol. The van der Waals surface area contributed by atoms with Crippen LogP contribution in [0.3, 0.4) is 0 Å². The summed E-state index contributed by atoms with van der Waals surface area (Å²) in [6.07, 6.45) is 2.10. The number of amides is 2. The Morgan fingerprint density at radius 3 is 1.88 bits per heavy atom. The molecule has 32 heavy (non-hydrogen) atoms. The lowest BCUT2D eigenvalue weighted by atomic mass is 10.1. The Morgan fingerprint density at radius 1 is 0.906 bits per heavy atom. The molecule has 0 aromatic heterocycles. The van der Waals surface area contributed by atoms with Gasteiger partial charge in [-0.3, -0.25) is 9.59 Å². The van der Waals surface area contributed by atoms with Gasteiger partial charge in [-0.15, -0.1) is 0 Å². The molecule has 2 aromatic rings.